The molecule has 0 radical (unpaired) electrons. The largest absolute Gasteiger partial charge is 0.522 e. The van der Waals surface area contributed by atoms with Crippen LogP contribution in [0.15, 0.2) is 0 Å². The van der Waals surface area contributed by atoms with E-state index in [1.807, 2.05) is 5.32 Å². The third-order valence-electron chi connectivity index (χ3n) is 5.95. The van der Waals surface area contributed by atoms with Crippen molar-refractivity contribution in [2.45, 2.75) is 76.1 Å². The molecule has 1 saturated carbocycles. The average Bonchev–Trinajstić information content (AvgIpc) is 3.45. The molecule has 0 aromatic heterocycles. The summed E-state index contributed by atoms with van der Waals surface area (Å²) in [6.45, 7) is 2.06. The van der Waals surface area contributed by atoms with E-state index in [0.29, 0.717) is 0 Å². The predicted octanol–water partition coefficient (Wildman–Crippen LogP) is 0.845. The minimum Gasteiger partial charge on any atom is -0.356 e. The first-order valence-electron chi connectivity index (χ1n) is 11.5. The van der Waals surface area contributed by atoms with Gasteiger partial charge in [-0.15, -0.1) is 13.2 Å². The minimum atomic E-state index is -5.13. The number of hydrogen-bond acceptors (Lipinski definition) is 6. The Morgan fingerprint density at radius 2 is 1.65 bits per heavy atom. The lowest BCUT2D eigenvalue weighted by Crippen LogP contribution is -2.57. The maximum atomic E-state index is 13.1. The number of Topliss-reactive ketones (excluding diaryl/α,β-unsaturated/α-hetero) is 1. The topological polar surface area (TPSA) is 143 Å². The highest BCUT2D eigenvalue weighted by atomic mass is 19.4. The number of alkyl halides is 6. The lowest BCUT2D eigenvalue weighted by atomic mass is 9.95. The fourth-order valence-corrected chi connectivity index (χ4v) is 3.76. The Kier molecular flexibility index (Phi) is 9.54. The standard InChI is InChI=1S/C21H28F6N4O6/c1-10(2)7-13(30-17(35)18(36)31-19(4-5-19)20(22,23)24)16(34)29-12(8-11-3-6-28-15(11)33)14(32)9-37-21(25,26)27/h10-13H,3-9H2,1-2H3,(H,28,33)(H,29,34)(H,30,35)(H,31,36)/t11-,12-,13-/m0/s1. The van der Waals surface area contributed by atoms with Crippen molar-refractivity contribution in [3.8, 4) is 0 Å². The highest BCUT2D eigenvalue weighted by Gasteiger charge is 2.64. The van der Waals surface area contributed by atoms with Gasteiger partial charge < -0.3 is 21.3 Å². The van der Waals surface area contributed by atoms with Gasteiger partial charge in [0.15, 0.2) is 5.78 Å². The molecule has 2 aliphatic rings. The summed E-state index contributed by atoms with van der Waals surface area (Å²) < 4.78 is 80.0. The van der Waals surface area contributed by atoms with Crippen LogP contribution < -0.4 is 21.3 Å². The molecular formula is C21H28F6N4O6. The molecule has 10 nitrogen and oxygen atoms in total. The van der Waals surface area contributed by atoms with Gasteiger partial charge in [-0.25, -0.2) is 0 Å². The van der Waals surface area contributed by atoms with Crippen LogP contribution in [0.25, 0.3) is 0 Å². The molecule has 1 aliphatic carbocycles. The van der Waals surface area contributed by atoms with Crippen LogP contribution in [-0.4, -0.2) is 72.7 Å². The zero-order chi connectivity index (χ0) is 28.2. The molecule has 0 unspecified atom stereocenters. The summed E-state index contributed by atoms with van der Waals surface area (Å²) in [5.41, 5.74) is -2.52. The van der Waals surface area contributed by atoms with Gasteiger partial charge in [0.05, 0.1) is 6.04 Å². The summed E-state index contributed by atoms with van der Waals surface area (Å²) in [5.74, 6) is -6.98. The summed E-state index contributed by atoms with van der Waals surface area (Å²) in [6, 6.07) is -3.13. The van der Waals surface area contributed by atoms with Crippen molar-refractivity contribution in [1.29, 1.82) is 0 Å². The van der Waals surface area contributed by atoms with Gasteiger partial charge in [0.1, 0.15) is 18.2 Å². The number of hydrogen-bond donors (Lipinski definition) is 4. The third kappa shape index (κ3) is 8.86. The van der Waals surface area contributed by atoms with Gasteiger partial charge in [0.25, 0.3) is 0 Å². The van der Waals surface area contributed by atoms with Crippen molar-refractivity contribution >= 4 is 29.4 Å². The number of carbonyl (C=O) groups excluding carboxylic acids is 5. The number of ketones is 1. The van der Waals surface area contributed by atoms with Crippen LogP contribution >= 0.6 is 0 Å². The van der Waals surface area contributed by atoms with E-state index in [0.717, 1.165) is 0 Å². The maximum absolute atomic E-state index is 13.1. The van der Waals surface area contributed by atoms with Crippen molar-refractivity contribution in [3.05, 3.63) is 0 Å². The van der Waals surface area contributed by atoms with Gasteiger partial charge in [0.2, 0.25) is 11.8 Å². The van der Waals surface area contributed by atoms with Crippen LogP contribution in [0.4, 0.5) is 26.3 Å². The van der Waals surface area contributed by atoms with Crippen molar-refractivity contribution < 1.29 is 55.1 Å². The Morgan fingerprint density at radius 3 is 2.11 bits per heavy atom. The molecule has 16 heteroatoms. The number of ether oxygens (including phenoxy) is 1. The number of amides is 4. The molecule has 37 heavy (non-hydrogen) atoms. The van der Waals surface area contributed by atoms with E-state index >= 15 is 0 Å². The highest BCUT2D eigenvalue weighted by Crippen LogP contribution is 2.48. The zero-order valence-corrected chi connectivity index (χ0v) is 20.0. The summed E-state index contributed by atoms with van der Waals surface area (Å²) in [6.07, 6.45) is -11.0. The van der Waals surface area contributed by atoms with E-state index in [4.69, 9.17) is 0 Å². The molecule has 0 spiro atoms. The first kappa shape index (κ1) is 30.3. The Balaban J connectivity index is 2.12. The third-order valence-corrected chi connectivity index (χ3v) is 5.95. The SMILES string of the molecule is CC(C)C[C@H](NC(=O)C(=O)NC1(C(F)(F)F)CC1)C(=O)N[C@@H](C[C@@H]1CCNC1=O)C(=O)COC(F)(F)F. The smallest absolute Gasteiger partial charge is 0.356 e. The number of carbonyl (C=O) groups is 5. The van der Waals surface area contributed by atoms with Crippen LogP contribution in [-0.2, 0) is 28.7 Å². The van der Waals surface area contributed by atoms with Crippen LogP contribution in [0.3, 0.4) is 0 Å². The second-order valence-electron chi connectivity index (χ2n) is 9.46. The fourth-order valence-electron chi connectivity index (χ4n) is 3.76. The van der Waals surface area contributed by atoms with Crippen LogP contribution in [0.5, 0.6) is 0 Å². The van der Waals surface area contributed by atoms with Crippen LogP contribution in [0.1, 0.15) is 46.0 Å². The Labute approximate surface area is 207 Å². The molecule has 1 saturated heterocycles. The lowest BCUT2D eigenvalue weighted by Gasteiger charge is -2.25. The maximum Gasteiger partial charge on any atom is 0.522 e. The fraction of sp³-hybridized carbons (Fsp3) is 0.762. The van der Waals surface area contributed by atoms with E-state index in [1.165, 1.54) is 0 Å². The zero-order valence-electron chi connectivity index (χ0n) is 20.0. The Bertz CT molecular complexity index is 903. The van der Waals surface area contributed by atoms with Gasteiger partial charge in [-0.05, 0) is 38.0 Å². The molecule has 1 heterocycles. The highest BCUT2D eigenvalue weighted by molar-refractivity contribution is 6.35. The molecule has 4 amide bonds. The van der Waals surface area contributed by atoms with E-state index in [-0.39, 0.29) is 31.7 Å². The number of halogens is 6. The quantitative estimate of drug-likeness (QED) is 0.224. The molecule has 0 aromatic carbocycles. The second-order valence-corrected chi connectivity index (χ2v) is 9.46. The Morgan fingerprint density at radius 1 is 1.03 bits per heavy atom. The lowest BCUT2D eigenvalue weighted by molar-refractivity contribution is -0.321. The number of rotatable bonds is 11. The predicted molar refractivity (Wildman–Crippen MR) is 112 cm³/mol. The monoisotopic (exact) mass is 546 g/mol. The normalized spacial score (nSPS) is 20.6. The van der Waals surface area contributed by atoms with Crippen LogP contribution in [0, 0.1) is 11.8 Å². The van der Waals surface area contributed by atoms with Crippen LogP contribution in [0.2, 0.25) is 0 Å². The molecular weight excluding hydrogens is 518 g/mol. The molecule has 4 N–H and O–H groups in total. The van der Waals surface area contributed by atoms with Crippen molar-refractivity contribution in [2.75, 3.05) is 13.2 Å². The van der Waals surface area contributed by atoms with Crippen molar-refractivity contribution in [3.63, 3.8) is 0 Å². The molecule has 3 atom stereocenters. The summed E-state index contributed by atoms with van der Waals surface area (Å²) in [7, 11) is 0. The average molecular weight is 546 g/mol. The van der Waals surface area contributed by atoms with E-state index in [1.54, 1.807) is 19.2 Å². The van der Waals surface area contributed by atoms with Gasteiger partial charge >= 0.3 is 24.4 Å². The van der Waals surface area contributed by atoms with Crippen molar-refractivity contribution in [2.24, 2.45) is 11.8 Å². The summed E-state index contributed by atoms with van der Waals surface area (Å²) in [5, 5.41) is 8.32. The number of nitrogens with one attached hydrogen (secondary N) is 4. The van der Waals surface area contributed by atoms with E-state index in [2.05, 4.69) is 15.4 Å². The van der Waals surface area contributed by atoms with Gasteiger partial charge in [-0.3, -0.25) is 28.7 Å². The van der Waals surface area contributed by atoms with E-state index in [9.17, 15) is 50.3 Å². The first-order valence-corrected chi connectivity index (χ1v) is 11.5. The summed E-state index contributed by atoms with van der Waals surface area (Å²) in [4.78, 5) is 61.6. The molecule has 0 aromatic rings. The molecule has 0 bridgehead atoms. The van der Waals surface area contributed by atoms with E-state index < -0.39 is 84.9 Å². The molecule has 2 rings (SSSR count). The van der Waals surface area contributed by atoms with Gasteiger partial charge in [-0.1, -0.05) is 13.8 Å². The first-order chi connectivity index (χ1) is 16.9. The Hall–Kier alpha value is -2.91. The molecule has 1 aliphatic heterocycles. The summed E-state index contributed by atoms with van der Waals surface area (Å²) >= 11 is 0. The molecule has 210 valence electrons. The minimum absolute atomic E-state index is 0.126. The van der Waals surface area contributed by atoms with Crippen molar-refractivity contribution in [1.82, 2.24) is 21.3 Å². The molecule has 2 fully saturated rings. The van der Waals surface area contributed by atoms with Gasteiger partial charge in [-0.2, -0.15) is 13.2 Å². The second kappa shape index (κ2) is 11.6. The van der Waals surface area contributed by atoms with Gasteiger partial charge in [0, 0.05) is 12.5 Å².